The molecule has 1 amide bonds. The Morgan fingerprint density at radius 1 is 1.10 bits per heavy atom. The highest BCUT2D eigenvalue weighted by Crippen LogP contribution is 2.16. The highest BCUT2D eigenvalue weighted by Gasteiger charge is 2.20. The smallest absolute Gasteiger partial charge is 0.303 e. The summed E-state index contributed by atoms with van der Waals surface area (Å²) < 4.78 is 0. The number of carbonyl (C=O) groups is 2. The molecular formula is C15H30N2O3. The molecule has 0 bridgehead atoms. The van der Waals surface area contributed by atoms with E-state index in [-0.39, 0.29) is 24.2 Å². The van der Waals surface area contributed by atoms with Gasteiger partial charge in [-0.3, -0.25) is 9.59 Å². The zero-order valence-electron chi connectivity index (χ0n) is 13.2. The molecule has 0 saturated carbocycles. The van der Waals surface area contributed by atoms with Gasteiger partial charge in [0.15, 0.2) is 0 Å². The standard InChI is InChI=1S/C15H30N2O3/c1-10(2)5-12(7-14(18)19)9-17-15(20)13(8-16)6-11(3)4/h10-13H,5-9,16H2,1-4H3,(H,17,20)(H,18,19)/t12-,13?/m0/s1. The number of aliphatic carboxylic acids is 1. The van der Waals surface area contributed by atoms with Gasteiger partial charge in [-0.2, -0.15) is 0 Å². The fourth-order valence-electron chi connectivity index (χ4n) is 2.42. The monoisotopic (exact) mass is 286 g/mol. The third-order valence-corrected chi connectivity index (χ3v) is 3.24. The molecule has 0 aromatic heterocycles. The molecule has 0 saturated heterocycles. The Hall–Kier alpha value is -1.10. The van der Waals surface area contributed by atoms with Crippen LogP contribution in [0.2, 0.25) is 0 Å². The average molecular weight is 286 g/mol. The van der Waals surface area contributed by atoms with Crippen molar-refractivity contribution < 1.29 is 14.7 Å². The number of carbonyl (C=O) groups excluding carboxylic acids is 1. The van der Waals surface area contributed by atoms with Crippen molar-refractivity contribution in [2.24, 2.45) is 29.4 Å². The van der Waals surface area contributed by atoms with Crippen molar-refractivity contribution in [3.63, 3.8) is 0 Å². The highest BCUT2D eigenvalue weighted by molar-refractivity contribution is 5.79. The predicted octanol–water partition coefficient (Wildman–Crippen LogP) is 1.86. The lowest BCUT2D eigenvalue weighted by molar-refractivity contribution is -0.138. The Morgan fingerprint density at radius 3 is 2.05 bits per heavy atom. The molecule has 0 radical (unpaired) electrons. The summed E-state index contributed by atoms with van der Waals surface area (Å²) >= 11 is 0. The van der Waals surface area contributed by atoms with Crippen molar-refractivity contribution in [1.82, 2.24) is 5.32 Å². The van der Waals surface area contributed by atoms with Gasteiger partial charge in [0.05, 0.1) is 5.92 Å². The van der Waals surface area contributed by atoms with Gasteiger partial charge < -0.3 is 16.2 Å². The molecule has 0 aliphatic rings. The molecule has 5 heteroatoms. The molecule has 0 rings (SSSR count). The first kappa shape index (κ1) is 18.9. The first-order valence-corrected chi connectivity index (χ1v) is 7.45. The zero-order chi connectivity index (χ0) is 15.7. The summed E-state index contributed by atoms with van der Waals surface area (Å²) in [5, 5.41) is 11.8. The maximum atomic E-state index is 12.0. The van der Waals surface area contributed by atoms with E-state index in [0.29, 0.717) is 24.9 Å². The number of hydrogen-bond donors (Lipinski definition) is 3. The topological polar surface area (TPSA) is 92.4 Å². The third kappa shape index (κ3) is 8.91. The molecule has 1 unspecified atom stereocenters. The van der Waals surface area contributed by atoms with E-state index in [1.165, 1.54) is 0 Å². The lowest BCUT2D eigenvalue weighted by atomic mass is 9.93. The Balaban J connectivity index is 4.36. The largest absolute Gasteiger partial charge is 0.481 e. The SMILES string of the molecule is CC(C)CC(CN)C(=O)NC[C@H](CC(=O)O)CC(C)C. The van der Waals surface area contributed by atoms with E-state index in [1.807, 2.05) is 0 Å². The summed E-state index contributed by atoms with van der Waals surface area (Å²) in [6.45, 7) is 8.97. The normalized spacial score (nSPS) is 14.3. The molecule has 0 aromatic rings. The average Bonchev–Trinajstić information content (AvgIpc) is 2.30. The van der Waals surface area contributed by atoms with Crippen molar-refractivity contribution in [2.45, 2.75) is 47.0 Å². The maximum Gasteiger partial charge on any atom is 0.303 e. The molecule has 0 fully saturated rings. The van der Waals surface area contributed by atoms with Crippen LogP contribution < -0.4 is 11.1 Å². The molecule has 118 valence electrons. The summed E-state index contributed by atoms with van der Waals surface area (Å²) in [5.74, 6) is -0.242. The second-order valence-electron chi connectivity index (χ2n) is 6.40. The minimum absolute atomic E-state index is 0.0195. The number of nitrogens with one attached hydrogen (secondary N) is 1. The Bertz CT molecular complexity index is 303. The van der Waals surface area contributed by atoms with E-state index in [1.54, 1.807) is 0 Å². The number of carboxylic acids is 1. The second-order valence-corrected chi connectivity index (χ2v) is 6.40. The number of amides is 1. The van der Waals surface area contributed by atoms with Gasteiger partial charge in [0, 0.05) is 19.5 Å². The van der Waals surface area contributed by atoms with Crippen LogP contribution in [0, 0.1) is 23.7 Å². The highest BCUT2D eigenvalue weighted by atomic mass is 16.4. The lowest BCUT2D eigenvalue weighted by Gasteiger charge is -2.21. The van der Waals surface area contributed by atoms with Gasteiger partial charge in [-0.05, 0) is 30.6 Å². The fourth-order valence-corrected chi connectivity index (χ4v) is 2.42. The van der Waals surface area contributed by atoms with Gasteiger partial charge in [-0.15, -0.1) is 0 Å². The van der Waals surface area contributed by atoms with Crippen LogP contribution in [0.25, 0.3) is 0 Å². The van der Waals surface area contributed by atoms with E-state index in [0.717, 1.165) is 12.8 Å². The Kier molecular flexibility index (Phi) is 9.21. The van der Waals surface area contributed by atoms with Crippen molar-refractivity contribution in [3.8, 4) is 0 Å². The molecule has 5 nitrogen and oxygen atoms in total. The Labute approximate surface area is 122 Å². The van der Waals surface area contributed by atoms with Gasteiger partial charge >= 0.3 is 5.97 Å². The van der Waals surface area contributed by atoms with E-state index < -0.39 is 5.97 Å². The quantitative estimate of drug-likeness (QED) is 0.571. The lowest BCUT2D eigenvalue weighted by Crippen LogP contribution is -2.38. The van der Waals surface area contributed by atoms with Gasteiger partial charge in [-0.25, -0.2) is 0 Å². The van der Waals surface area contributed by atoms with Crippen LogP contribution in [0.5, 0.6) is 0 Å². The maximum absolute atomic E-state index is 12.0. The summed E-state index contributed by atoms with van der Waals surface area (Å²) in [6, 6.07) is 0. The van der Waals surface area contributed by atoms with E-state index in [9.17, 15) is 9.59 Å². The summed E-state index contributed by atoms with van der Waals surface area (Å²) in [7, 11) is 0. The predicted molar refractivity (Wildman–Crippen MR) is 80.2 cm³/mol. The number of rotatable bonds is 10. The van der Waals surface area contributed by atoms with Gasteiger partial charge in [0.2, 0.25) is 5.91 Å². The van der Waals surface area contributed by atoms with Crippen molar-refractivity contribution in [1.29, 1.82) is 0 Å². The summed E-state index contributed by atoms with van der Waals surface area (Å²) in [6.07, 6.45) is 1.65. The van der Waals surface area contributed by atoms with Gasteiger partial charge in [0.25, 0.3) is 0 Å². The minimum Gasteiger partial charge on any atom is -0.481 e. The molecule has 0 heterocycles. The number of hydrogen-bond acceptors (Lipinski definition) is 3. The van der Waals surface area contributed by atoms with Crippen LogP contribution in [0.1, 0.15) is 47.0 Å². The molecule has 0 aliphatic carbocycles. The van der Waals surface area contributed by atoms with Crippen LogP contribution in [-0.4, -0.2) is 30.1 Å². The van der Waals surface area contributed by atoms with Gasteiger partial charge in [0.1, 0.15) is 0 Å². The Morgan fingerprint density at radius 2 is 1.65 bits per heavy atom. The van der Waals surface area contributed by atoms with E-state index in [4.69, 9.17) is 10.8 Å². The van der Waals surface area contributed by atoms with E-state index >= 15 is 0 Å². The molecule has 0 spiro atoms. The van der Waals surface area contributed by atoms with Crippen molar-refractivity contribution in [2.75, 3.05) is 13.1 Å². The molecule has 2 atom stereocenters. The number of nitrogens with two attached hydrogens (primary N) is 1. The van der Waals surface area contributed by atoms with Crippen LogP contribution in [-0.2, 0) is 9.59 Å². The molecule has 0 aromatic carbocycles. The summed E-state index contributed by atoms with van der Waals surface area (Å²) in [5.41, 5.74) is 5.63. The summed E-state index contributed by atoms with van der Waals surface area (Å²) in [4.78, 5) is 22.9. The minimum atomic E-state index is -0.817. The van der Waals surface area contributed by atoms with Gasteiger partial charge in [-0.1, -0.05) is 27.7 Å². The molecule has 0 aliphatic heterocycles. The van der Waals surface area contributed by atoms with Crippen molar-refractivity contribution in [3.05, 3.63) is 0 Å². The van der Waals surface area contributed by atoms with Crippen LogP contribution in [0.4, 0.5) is 0 Å². The van der Waals surface area contributed by atoms with Crippen molar-refractivity contribution >= 4 is 11.9 Å². The third-order valence-electron chi connectivity index (χ3n) is 3.24. The second kappa shape index (κ2) is 9.75. The molecule has 20 heavy (non-hydrogen) atoms. The molecular weight excluding hydrogens is 256 g/mol. The fraction of sp³-hybridized carbons (Fsp3) is 0.867. The first-order valence-electron chi connectivity index (χ1n) is 7.45. The first-order chi connectivity index (χ1) is 9.26. The zero-order valence-corrected chi connectivity index (χ0v) is 13.2. The van der Waals surface area contributed by atoms with Crippen LogP contribution >= 0.6 is 0 Å². The van der Waals surface area contributed by atoms with Crippen LogP contribution in [0.15, 0.2) is 0 Å². The number of carboxylic acid groups (broad SMARTS) is 1. The molecule has 4 N–H and O–H groups in total. The van der Waals surface area contributed by atoms with E-state index in [2.05, 4.69) is 33.0 Å². The van der Waals surface area contributed by atoms with Crippen LogP contribution in [0.3, 0.4) is 0 Å².